The highest BCUT2D eigenvalue weighted by atomic mass is 19.1. The minimum Gasteiger partial charge on any atom is -0.493 e. The van der Waals surface area contributed by atoms with E-state index in [4.69, 9.17) is 9.47 Å². The van der Waals surface area contributed by atoms with Crippen molar-refractivity contribution < 1.29 is 18.7 Å². The highest BCUT2D eigenvalue weighted by molar-refractivity contribution is 5.94. The van der Waals surface area contributed by atoms with Crippen molar-refractivity contribution >= 4 is 5.91 Å². The van der Waals surface area contributed by atoms with E-state index in [1.807, 2.05) is 56.3 Å². The molecular weight excluding hydrogens is 441 g/mol. The molecule has 178 valence electrons. The first kappa shape index (κ1) is 24.0. The molecule has 4 aromatic carbocycles. The van der Waals surface area contributed by atoms with Gasteiger partial charge in [-0.3, -0.25) is 4.79 Å². The molecule has 0 fully saturated rings. The Morgan fingerprint density at radius 2 is 1.54 bits per heavy atom. The van der Waals surface area contributed by atoms with Crippen molar-refractivity contribution in [2.75, 3.05) is 6.61 Å². The summed E-state index contributed by atoms with van der Waals surface area (Å²) in [4.78, 5) is 12.9. The van der Waals surface area contributed by atoms with E-state index in [-0.39, 0.29) is 24.4 Å². The average Bonchev–Trinajstić information content (AvgIpc) is 2.89. The van der Waals surface area contributed by atoms with E-state index >= 15 is 0 Å². The first-order chi connectivity index (χ1) is 17.0. The van der Waals surface area contributed by atoms with Crippen LogP contribution in [0.2, 0.25) is 0 Å². The summed E-state index contributed by atoms with van der Waals surface area (Å²) in [5.41, 5.74) is 4.36. The zero-order valence-electron chi connectivity index (χ0n) is 19.8. The van der Waals surface area contributed by atoms with Crippen molar-refractivity contribution in [1.29, 1.82) is 0 Å². The lowest BCUT2D eigenvalue weighted by Gasteiger charge is -2.16. The Labute approximate surface area is 205 Å². The van der Waals surface area contributed by atoms with Gasteiger partial charge in [0, 0.05) is 11.1 Å². The molecular formula is C30H28FNO3. The summed E-state index contributed by atoms with van der Waals surface area (Å²) in [6, 6.07) is 29.2. The fourth-order valence-corrected chi connectivity index (χ4v) is 3.78. The summed E-state index contributed by atoms with van der Waals surface area (Å²) in [5.74, 6) is 0.875. The lowest BCUT2D eigenvalue weighted by atomic mass is 10.1. The summed E-state index contributed by atoms with van der Waals surface area (Å²) in [5, 5.41) is 2.96. The van der Waals surface area contributed by atoms with Gasteiger partial charge < -0.3 is 14.8 Å². The fourth-order valence-electron chi connectivity index (χ4n) is 3.78. The first-order valence-electron chi connectivity index (χ1n) is 11.6. The molecule has 1 atom stereocenters. The van der Waals surface area contributed by atoms with E-state index in [0.29, 0.717) is 17.9 Å². The molecule has 0 unspecified atom stereocenters. The maximum Gasteiger partial charge on any atom is 0.251 e. The highest BCUT2D eigenvalue weighted by Gasteiger charge is 2.15. The monoisotopic (exact) mass is 469 g/mol. The Morgan fingerprint density at radius 1 is 0.857 bits per heavy atom. The molecule has 0 radical (unpaired) electrons. The normalized spacial score (nSPS) is 11.5. The first-order valence-corrected chi connectivity index (χ1v) is 11.6. The van der Waals surface area contributed by atoms with Crippen LogP contribution in [0, 0.1) is 5.82 Å². The number of ether oxygens (including phenoxy) is 2. The number of hydrogen-bond donors (Lipinski definition) is 1. The predicted molar refractivity (Wildman–Crippen MR) is 136 cm³/mol. The van der Waals surface area contributed by atoms with Gasteiger partial charge in [0.2, 0.25) is 0 Å². The minimum atomic E-state index is -0.307. The van der Waals surface area contributed by atoms with Crippen molar-refractivity contribution in [3.63, 3.8) is 0 Å². The molecule has 5 heteroatoms. The quantitative estimate of drug-likeness (QED) is 0.288. The second-order valence-corrected chi connectivity index (χ2v) is 8.18. The van der Waals surface area contributed by atoms with Gasteiger partial charge in [0.15, 0.2) is 0 Å². The smallest absolute Gasteiger partial charge is 0.251 e. The number of rotatable bonds is 9. The largest absolute Gasteiger partial charge is 0.493 e. The minimum absolute atomic E-state index is 0.224. The zero-order chi connectivity index (χ0) is 24.6. The van der Waals surface area contributed by atoms with Crippen LogP contribution in [0.15, 0.2) is 97.1 Å². The van der Waals surface area contributed by atoms with Gasteiger partial charge in [0.25, 0.3) is 5.91 Å². The van der Waals surface area contributed by atoms with Crippen molar-refractivity contribution in [2.45, 2.75) is 26.5 Å². The van der Waals surface area contributed by atoms with E-state index in [1.54, 1.807) is 30.3 Å². The number of hydrogen-bond acceptors (Lipinski definition) is 3. The maximum absolute atomic E-state index is 13.2. The highest BCUT2D eigenvalue weighted by Crippen LogP contribution is 2.26. The van der Waals surface area contributed by atoms with Gasteiger partial charge in [0.05, 0.1) is 12.6 Å². The fraction of sp³-hybridized carbons (Fsp3) is 0.167. The molecule has 35 heavy (non-hydrogen) atoms. The molecule has 0 saturated carbocycles. The standard InChI is InChI=1S/C30H28FNO3/c1-3-34-29-18-13-25(30(33)32-21(2)22-9-14-27(31)15-10-22)19-26(29)20-35-28-16-11-24(12-17-28)23-7-5-4-6-8-23/h4-19,21H,3,20H2,1-2H3,(H,32,33)/t21-/m1/s1. The van der Waals surface area contributed by atoms with Crippen LogP contribution in [0.1, 0.15) is 41.4 Å². The third-order valence-corrected chi connectivity index (χ3v) is 5.70. The zero-order valence-corrected chi connectivity index (χ0v) is 19.8. The topological polar surface area (TPSA) is 47.6 Å². The molecule has 0 saturated heterocycles. The number of carbonyl (C=O) groups excluding carboxylic acids is 1. The Balaban J connectivity index is 1.45. The molecule has 0 aliphatic carbocycles. The van der Waals surface area contributed by atoms with Crippen molar-refractivity contribution in [3.8, 4) is 22.6 Å². The molecule has 4 aromatic rings. The molecule has 1 amide bonds. The van der Waals surface area contributed by atoms with Gasteiger partial charge in [0.1, 0.15) is 23.9 Å². The van der Waals surface area contributed by atoms with Crippen LogP contribution in [0.25, 0.3) is 11.1 Å². The van der Waals surface area contributed by atoms with Crippen molar-refractivity contribution in [1.82, 2.24) is 5.32 Å². The average molecular weight is 470 g/mol. The Bertz CT molecular complexity index is 1260. The molecule has 1 N–H and O–H groups in total. The second kappa shape index (κ2) is 11.3. The van der Waals surface area contributed by atoms with Gasteiger partial charge >= 0.3 is 0 Å². The third-order valence-electron chi connectivity index (χ3n) is 5.70. The molecule has 4 nitrogen and oxygen atoms in total. The van der Waals surface area contributed by atoms with Crippen molar-refractivity contribution in [2.24, 2.45) is 0 Å². The van der Waals surface area contributed by atoms with Gasteiger partial charge in [-0.05, 0) is 73.0 Å². The van der Waals surface area contributed by atoms with E-state index in [9.17, 15) is 9.18 Å². The van der Waals surface area contributed by atoms with Gasteiger partial charge in [-0.1, -0.05) is 54.6 Å². The van der Waals surface area contributed by atoms with Gasteiger partial charge in [-0.25, -0.2) is 4.39 Å². The van der Waals surface area contributed by atoms with Gasteiger partial charge in [-0.2, -0.15) is 0 Å². The molecule has 0 aliphatic rings. The second-order valence-electron chi connectivity index (χ2n) is 8.18. The summed E-state index contributed by atoms with van der Waals surface area (Å²) < 4.78 is 25.0. The third kappa shape index (κ3) is 6.27. The van der Waals surface area contributed by atoms with Crippen LogP contribution in [-0.4, -0.2) is 12.5 Å². The van der Waals surface area contributed by atoms with Crippen LogP contribution >= 0.6 is 0 Å². The molecule has 0 aromatic heterocycles. The number of carbonyl (C=O) groups is 1. The molecule has 4 rings (SSSR count). The summed E-state index contributed by atoms with van der Waals surface area (Å²) in [7, 11) is 0. The van der Waals surface area contributed by atoms with E-state index in [1.165, 1.54) is 12.1 Å². The van der Waals surface area contributed by atoms with E-state index < -0.39 is 0 Å². The lowest BCUT2D eigenvalue weighted by molar-refractivity contribution is 0.0939. The Kier molecular flexibility index (Phi) is 7.78. The predicted octanol–water partition coefficient (Wildman–Crippen LogP) is 6.96. The van der Waals surface area contributed by atoms with Crippen LogP contribution in [0.4, 0.5) is 4.39 Å². The summed E-state index contributed by atoms with van der Waals surface area (Å²) in [6.07, 6.45) is 0. The number of nitrogens with one attached hydrogen (secondary N) is 1. The van der Waals surface area contributed by atoms with E-state index in [0.717, 1.165) is 28.0 Å². The summed E-state index contributed by atoms with van der Waals surface area (Å²) in [6.45, 7) is 4.54. The summed E-state index contributed by atoms with van der Waals surface area (Å²) >= 11 is 0. The number of amides is 1. The maximum atomic E-state index is 13.2. The van der Waals surface area contributed by atoms with Crippen LogP contribution in [-0.2, 0) is 6.61 Å². The molecule has 0 aliphatic heterocycles. The lowest BCUT2D eigenvalue weighted by Crippen LogP contribution is -2.26. The Morgan fingerprint density at radius 3 is 2.23 bits per heavy atom. The van der Waals surface area contributed by atoms with Crippen LogP contribution in [0.5, 0.6) is 11.5 Å². The molecule has 0 spiro atoms. The van der Waals surface area contributed by atoms with Crippen molar-refractivity contribution in [3.05, 3.63) is 120 Å². The molecule has 0 bridgehead atoms. The van der Waals surface area contributed by atoms with Crippen LogP contribution in [0.3, 0.4) is 0 Å². The number of benzene rings is 4. The molecule has 0 heterocycles. The Hall–Kier alpha value is -4.12. The van der Waals surface area contributed by atoms with Gasteiger partial charge in [-0.15, -0.1) is 0 Å². The SMILES string of the molecule is CCOc1ccc(C(=O)N[C@H](C)c2ccc(F)cc2)cc1COc1ccc(-c2ccccc2)cc1. The van der Waals surface area contributed by atoms with Crippen LogP contribution < -0.4 is 14.8 Å². The number of halogens is 1. The van der Waals surface area contributed by atoms with E-state index in [2.05, 4.69) is 17.4 Å².